The first kappa shape index (κ1) is 21.5. The number of carboxylic acids is 1. The highest BCUT2D eigenvalue weighted by Gasteiger charge is 2.32. The summed E-state index contributed by atoms with van der Waals surface area (Å²) in [6.07, 6.45) is 0. The van der Waals surface area contributed by atoms with E-state index in [1.165, 1.54) is 12.1 Å². The SMILES string of the molecule is Cc1ccc(-c2nnc(N(c3ccccc3)S(=O)(=O)c3ccc(Cl)c(C(=O)O)c3)o2)cc1. The van der Waals surface area contributed by atoms with Gasteiger partial charge >= 0.3 is 12.0 Å². The maximum atomic E-state index is 13.6. The van der Waals surface area contributed by atoms with Crippen LogP contribution in [0.4, 0.5) is 11.7 Å². The van der Waals surface area contributed by atoms with Crippen molar-refractivity contribution in [2.45, 2.75) is 11.8 Å². The lowest BCUT2D eigenvalue weighted by molar-refractivity contribution is 0.0697. The number of aromatic nitrogens is 2. The van der Waals surface area contributed by atoms with Gasteiger partial charge < -0.3 is 9.52 Å². The number of carbonyl (C=O) groups is 1. The molecule has 0 saturated heterocycles. The number of halogens is 1. The Morgan fingerprint density at radius 3 is 2.34 bits per heavy atom. The monoisotopic (exact) mass is 469 g/mol. The van der Waals surface area contributed by atoms with Crippen LogP contribution in [0.15, 0.2) is 82.1 Å². The molecular weight excluding hydrogens is 454 g/mol. The second-order valence-electron chi connectivity index (χ2n) is 6.81. The van der Waals surface area contributed by atoms with Crippen molar-refractivity contribution in [2.75, 3.05) is 4.31 Å². The lowest BCUT2D eigenvalue weighted by atomic mass is 10.1. The molecule has 10 heteroatoms. The summed E-state index contributed by atoms with van der Waals surface area (Å²) in [7, 11) is -4.34. The van der Waals surface area contributed by atoms with Crippen LogP contribution in [0, 0.1) is 6.92 Å². The largest absolute Gasteiger partial charge is 0.478 e. The molecule has 1 aromatic heterocycles. The van der Waals surface area contributed by atoms with Crippen LogP contribution in [0.3, 0.4) is 0 Å². The lowest BCUT2D eigenvalue weighted by Crippen LogP contribution is -2.27. The second-order valence-corrected chi connectivity index (χ2v) is 9.00. The van der Waals surface area contributed by atoms with Crippen molar-refractivity contribution < 1.29 is 22.7 Å². The van der Waals surface area contributed by atoms with Gasteiger partial charge in [-0.3, -0.25) is 0 Å². The van der Waals surface area contributed by atoms with Crippen molar-refractivity contribution in [3.8, 4) is 11.5 Å². The van der Waals surface area contributed by atoms with E-state index >= 15 is 0 Å². The van der Waals surface area contributed by atoms with Gasteiger partial charge in [0.25, 0.3) is 10.0 Å². The molecule has 4 rings (SSSR count). The van der Waals surface area contributed by atoms with Crippen LogP contribution in [0.5, 0.6) is 0 Å². The third kappa shape index (κ3) is 4.08. The molecule has 0 fully saturated rings. The van der Waals surface area contributed by atoms with Crippen LogP contribution in [0.1, 0.15) is 15.9 Å². The van der Waals surface area contributed by atoms with E-state index in [9.17, 15) is 18.3 Å². The molecule has 3 aromatic carbocycles. The fourth-order valence-corrected chi connectivity index (χ4v) is 4.55. The van der Waals surface area contributed by atoms with Crippen molar-refractivity contribution in [2.24, 2.45) is 0 Å². The average molecular weight is 470 g/mol. The van der Waals surface area contributed by atoms with Gasteiger partial charge in [-0.15, -0.1) is 5.10 Å². The number of hydrogen-bond donors (Lipinski definition) is 1. The summed E-state index contributed by atoms with van der Waals surface area (Å²) in [6, 6.07) is 18.6. The molecule has 0 saturated carbocycles. The summed E-state index contributed by atoms with van der Waals surface area (Å²) in [5, 5.41) is 17.2. The van der Waals surface area contributed by atoms with Crippen LogP contribution < -0.4 is 4.31 Å². The normalized spacial score (nSPS) is 11.3. The topological polar surface area (TPSA) is 114 Å². The zero-order valence-corrected chi connectivity index (χ0v) is 18.2. The van der Waals surface area contributed by atoms with E-state index in [2.05, 4.69) is 10.2 Å². The number of hydrogen-bond acceptors (Lipinski definition) is 6. The Labute approximate surface area is 188 Å². The summed E-state index contributed by atoms with van der Waals surface area (Å²) >= 11 is 5.91. The van der Waals surface area contributed by atoms with Crippen molar-refractivity contribution >= 4 is 39.3 Å². The smallest absolute Gasteiger partial charge is 0.337 e. The molecule has 0 aliphatic heterocycles. The van der Waals surface area contributed by atoms with Crippen LogP contribution in [0.2, 0.25) is 5.02 Å². The van der Waals surface area contributed by atoms with Gasteiger partial charge in [-0.05, 0) is 49.4 Å². The van der Waals surface area contributed by atoms with Gasteiger partial charge in [0.1, 0.15) is 0 Å². The summed E-state index contributed by atoms with van der Waals surface area (Å²) in [5.74, 6) is -1.21. The summed E-state index contributed by atoms with van der Waals surface area (Å²) in [5.41, 5.74) is 1.56. The van der Waals surface area contributed by atoms with Crippen molar-refractivity contribution in [3.05, 3.63) is 88.9 Å². The number of anilines is 2. The summed E-state index contributed by atoms with van der Waals surface area (Å²) in [6.45, 7) is 1.93. The fourth-order valence-electron chi connectivity index (χ4n) is 2.96. The van der Waals surface area contributed by atoms with Crippen LogP contribution in [-0.2, 0) is 10.0 Å². The van der Waals surface area contributed by atoms with Gasteiger partial charge in [-0.25, -0.2) is 13.2 Å². The Kier molecular flexibility index (Phi) is 5.68. The maximum Gasteiger partial charge on any atom is 0.337 e. The van der Waals surface area contributed by atoms with Gasteiger partial charge in [-0.1, -0.05) is 52.6 Å². The fraction of sp³-hybridized carbons (Fsp3) is 0.0455. The molecule has 0 bridgehead atoms. The van der Waals surface area contributed by atoms with E-state index in [0.29, 0.717) is 5.56 Å². The quantitative estimate of drug-likeness (QED) is 0.426. The average Bonchev–Trinajstić information content (AvgIpc) is 3.24. The predicted molar refractivity (Wildman–Crippen MR) is 119 cm³/mol. The van der Waals surface area contributed by atoms with Crippen LogP contribution >= 0.6 is 11.6 Å². The number of aryl methyl sites for hydroxylation is 1. The van der Waals surface area contributed by atoms with Crippen molar-refractivity contribution in [3.63, 3.8) is 0 Å². The molecular formula is C22H16ClN3O5S. The first-order valence-electron chi connectivity index (χ1n) is 9.31. The Morgan fingerprint density at radius 1 is 1.00 bits per heavy atom. The molecule has 162 valence electrons. The molecule has 0 radical (unpaired) electrons. The molecule has 1 heterocycles. The molecule has 0 aliphatic carbocycles. The van der Waals surface area contributed by atoms with E-state index in [1.807, 2.05) is 19.1 Å². The lowest BCUT2D eigenvalue weighted by Gasteiger charge is -2.20. The van der Waals surface area contributed by atoms with Gasteiger partial charge in [0, 0.05) is 5.56 Å². The number of aromatic carboxylic acids is 1. The number of carboxylic acid groups (broad SMARTS) is 1. The number of nitrogens with zero attached hydrogens (tertiary/aromatic N) is 3. The molecule has 1 N–H and O–H groups in total. The predicted octanol–water partition coefficient (Wildman–Crippen LogP) is 4.92. The molecule has 0 aliphatic rings. The highest BCUT2D eigenvalue weighted by molar-refractivity contribution is 7.93. The maximum absolute atomic E-state index is 13.6. The zero-order chi connectivity index (χ0) is 22.9. The number of benzene rings is 3. The van der Waals surface area contributed by atoms with E-state index in [4.69, 9.17) is 16.0 Å². The minimum absolute atomic E-state index is 0.0813. The van der Waals surface area contributed by atoms with E-state index in [1.54, 1.807) is 42.5 Å². The summed E-state index contributed by atoms with van der Waals surface area (Å²) in [4.78, 5) is 11.2. The van der Waals surface area contributed by atoms with Crippen LogP contribution in [-0.4, -0.2) is 29.7 Å². The molecule has 0 amide bonds. The van der Waals surface area contributed by atoms with E-state index in [-0.39, 0.29) is 33.1 Å². The molecule has 4 aromatic rings. The third-order valence-corrected chi connectivity index (χ3v) is 6.61. The standard InChI is InChI=1S/C22H16ClN3O5S/c1-14-7-9-15(10-8-14)20-24-25-22(31-20)26(16-5-3-2-4-6-16)32(29,30)17-11-12-19(23)18(13-17)21(27)28/h2-13H,1H3,(H,27,28). The van der Waals surface area contributed by atoms with Crippen molar-refractivity contribution in [1.82, 2.24) is 10.2 Å². The van der Waals surface area contributed by atoms with Crippen LogP contribution in [0.25, 0.3) is 11.5 Å². The minimum atomic E-state index is -4.34. The van der Waals surface area contributed by atoms with Gasteiger partial charge in [0.15, 0.2) is 0 Å². The zero-order valence-electron chi connectivity index (χ0n) is 16.6. The first-order chi connectivity index (χ1) is 15.3. The molecule has 0 unspecified atom stereocenters. The number of sulfonamides is 1. The minimum Gasteiger partial charge on any atom is -0.478 e. The Morgan fingerprint density at radius 2 is 1.69 bits per heavy atom. The Bertz CT molecular complexity index is 1390. The number of para-hydroxylation sites is 1. The van der Waals surface area contributed by atoms with Gasteiger partial charge in [0.05, 0.1) is 21.2 Å². The van der Waals surface area contributed by atoms with E-state index in [0.717, 1.165) is 15.9 Å². The highest BCUT2D eigenvalue weighted by Crippen LogP contribution is 2.34. The van der Waals surface area contributed by atoms with Gasteiger partial charge in [-0.2, -0.15) is 4.31 Å². The number of rotatable bonds is 6. The second kappa shape index (κ2) is 8.45. The highest BCUT2D eigenvalue weighted by atomic mass is 35.5. The van der Waals surface area contributed by atoms with Gasteiger partial charge in [0.2, 0.25) is 5.89 Å². The first-order valence-corrected chi connectivity index (χ1v) is 11.1. The molecule has 0 atom stereocenters. The molecule has 32 heavy (non-hydrogen) atoms. The van der Waals surface area contributed by atoms with Crippen molar-refractivity contribution in [1.29, 1.82) is 0 Å². The van der Waals surface area contributed by atoms with E-state index < -0.39 is 16.0 Å². The summed E-state index contributed by atoms with van der Waals surface area (Å²) < 4.78 is 33.7. The molecule has 8 nitrogen and oxygen atoms in total. The Balaban J connectivity index is 1.85. The molecule has 0 spiro atoms. The Hall–Kier alpha value is -3.69. The third-order valence-electron chi connectivity index (χ3n) is 4.58.